The highest BCUT2D eigenvalue weighted by atomic mass is 79.9. The van der Waals surface area contributed by atoms with Crippen molar-refractivity contribution < 1.29 is 4.74 Å². The normalized spacial score (nSPS) is 10.8. The Hall–Kier alpha value is -1.78. The molecule has 3 nitrogen and oxygen atoms in total. The molecule has 0 radical (unpaired) electrons. The molecule has 0 amide bonds. The van der Waals surface area contributed by atoms with Crippen molar-refractivity contribution in [3.05, 3.63) is 57.7 Å². The molecule has 21 heavy (non-hydrogen) atoms. The lowest BCUT2D eigenvalue weighted by molar-refractivity contribution is 0.484. The molecule has 0 atom stereocenters. The monoisotopic (exact) mass is 362 g/mol. The zero-order chi connectivity index (χ0) is 15.0. The first-order valence-electron chi connectivity index (χ1n) is 6.33. The molecule has 0 spiro atoms. The van der Waals surface area contributed by atoms with Gasteiger partial charge in [0, 0.05) is 17.3 Å². The summed E-state index contributed by atoms with van der Waals surface area (Å²) in [5.74, 6) is 1.34. The van der Waals surface area contributed by atoms with Gasteiger partial charge in [-0.1, -0.05) is 11.6 Å². The van der Waals surface area contributed by atoms with Crippen LogP contribution in [0.1, 0.15) is 5.56 Å². The van der Waals surface area contributed by atoms with E-state index >= 15 is 0 Å². The van der Waals surface area contributed by atoms with Crippen LogP contribution in [0, 0.1) is 6.92 Å². The van der Waals surface area contributed by atoms with Gasteiger partial charge in [0.05, 0.1) is 9.50 Å². The minimum absolute atomic E-state index is 0.651. The first-order valence-corrected chi connectivity index (χ1v) is 7.50. The number of hydrogen-bond acceptors (Lipinski definition) is 3. The molecule has 5 heteroatoms. The molecule has 0 unspecified atom stereocenters. The van der Waals surface area contributed by atoms with Crippen molar-refractivity contribution in [1.29, 1.82) is 0 Å². The van der Waals surface area contributed by atoms with Crippen molar-refractivity contribution in [3.8, 4) is 11.5 Å². The average Bonchev–Trinajstić information content (AvgIpc) is 2.48. The highest BCUT2D eigenvalue weighted by Crippen LogP contribution is 2.37. The first-order chi connectivity index (χ1) is 10.1. The summed E-state index contributed by atoms with van der Waals surface area (Å²) in [6.07, 6.45) is 1.72. The number of anilines is 1. The quantitative estimate of drug-likeness (QED) is 0.626. The van der Waals surface area contributed by atoms with Crippen LogP contribution in [-0.4, -0.2) is 4.98 Å². The predicted octanol–water partition coefficient (Wildman–Crippen LogP) is 5.33. The molecule has 3 rings (SSSR count). The topological polar surface area (TPSA) is 48.1 Å². The summed E-state index contributed by atoms with van der Waals surface area (Å²) < 4.78 is 6.79. The Bertz CT molecular complexity index is 836. The number of hydrogen-bond donors (Lipinski definition) is 1. The number of benzene rings is 2. The van der Waals surface area contributed by atoms with Crippen molar-refractivity contribution in [3.63, 3.8) is 0 Å². The highest BCUT2D eigenvalue weighted by Gasteiger charge is 2.11. The maximum absolute atomic E-state index is 6.19. The molecule has 0 fully saturated rings. The van der Waals surface area contributed by atoms with Gasteiger partial charge in [0.15, 0.2) is 5.75 Å². The fourth-order valence-electron chi connectivity index (χ4n) is 2.06. The fourth-order valence-corrected chi connectivity index (χ4v) is 2.72. The lowest BCUT2D eigenvalue weighted by Crippen LogP contribution is -1.93. The molecule has 1 heterocycles. The standard InChI is InChI=1S/C16H12BrClN2O/c1-9-7-15(11(17)8-13(9)19)21-14-5-4-12(18)10-3-2-6-20-16(10)14/h2-8H,19H2,1H3. The number of aryl methyl sites for hydroxylation is 1. The van der Waals surface area contributed by atoms with E-state index in [0.29, 0.717) is 22.2 Å². The van der Waals surface area contributed by atoms with E-state index < -0.39 is 0 Å². The van der Waals surface area contributed by atoms with Crippen molar-refractivity contribution in [2.75, 3.05) is 5.73 Å². The molecule has 1 aromatic heterocycles. The Balaban J connectivity index is 2.11. The first kappa shape index (κ1) is 14.2. The van der Waals surface area contributed by atoms with Crippen LogP contribution in [0.2, 0.25) is 5.02 Å². The maximum Gasteiger partial charge on any atom is 0.153 e. The zero-order valence-electron chi connectivity index (χ0n) is 11.2. The smallest absolute Gasteiger partial charge is 0.153 e. The van der Waals surface area contributed by atoms with Crippen LogP contribution in [-0.2, 0) is 0 Å². The summed E-state index contributed by atoms with van der Waals surface area (Å²) >= 11 is 9.65. The molecule has 2 aromatic carbocycles. The molecule has 106 valence electrons. The lowest BCUT2D eigenvalue weighted by Gasteiger charge is -2.12. The predicted molar refractivity (Wildman–Crippen MR) is 90.1 cm³/mol. The van der Waals surface area contributed by atoms with E-state index in [1.165, 1.54) is 0 Å². The Morgan fingerprint density at radius 1 is 1.19 bits per heavy atom. The highest BCUT2D eigenvalue weighted by molar-refractivity contribution is 9.10. The van der Waals surface area contributed by atoms with Gasteiger partial charge in [0.1, 0.15) is 11.3 Å². The number of nitrogens with zero attached hydrogens (tertiary/aromatic N) is 1. The minimum atomic E-state index is 0.651. The largest absolute Gasteiger partial charge is 0.454 e. The average molecular weight is 364 g/mol. The lowest BCUT2D eigenvalue weighted by atomic mass is 10.2. The van der Waals surface area contributed by atoms with Gasteiger partial charge in [-0.3, -0.25) is 4.98 Å². The molecule has 0 aliphatic carbocycles. The van der Waals surface area contributed by atoms with Gasteiger partial charge in [-0.25, -0.2) is 0 Å². The Morgan fingerprint density at radius 2 is 2.00 bits per heavy atom. The van der Waals surface area contributed by atoms with E-state index in [0.717, 1.165) is 20.9 Å². The molecule has 0 aliphatic rings. The van der Waals surface area contributed by atoms with E-state index in [-0.39, 0.29) is 0 Å². The van der Waals surface area contributed by atoms with E-state index in [1.807, 2.05) is 37.3 Å². The van der Waals surface area contributed by atoms with Crippen LogP contribution < -0.4 is 10.5 Å². The summed E-state index contributed by atoms with van der Waals surface area (Å²) in [5.41, 5.74) is 8.28. The number of fused-ring (bicyclic) bond motifs is 1. The van der Waals surface area contributed by atoms with E-state index in [9.17, 15) is 0 Å². The van der Waals surface area contributed by atoms with Gasteiger partial charge in [0.25, 0.3) is 0 Å². The number of rotatable bonds is 2. The second-order valence-electron chi connectivity index (χ2n) is 4.69. The molecule has 2 N–H and O–H groups in total. The number of aromatic nitrogens is 1. The fraction of sp³-hybridized carbons (Fsp3) is 0.0625. The summed E-state index contributed by atoms with van der Waals surface area (Å²) in [5, 5.41) is 1.51. The minimum Gasteiger partial charge on any atom is -0.454 e. The van der Waals surface area contributed by atoms with E-state index in [4.69, 9.17) is 22.1 Å². The number of pyridine rings is 1. The van der Waals surface area contributed by atoms with Gasteiger partial charge in [0.2, 0.25) is 0 Å². The molecule has 0 saturated heterocycles. The Labute approximate surface area is 135 Å². The molecule has 0 aliphatic heterocycles. The van der Waals surface area contributed by atoms with Crippen LogP contribution >= 0.6 is 27.5 Å². The zero-order valence-corrected chi connectivity index (χ0v) is 13.6. The number of ether oxygens (including phenoxy) is 1. The Kier molecular flexibility index (Phi) is 3.74. The van der Waals surface area contributed by atoms with Crippen molar-refractivity contribution in [1.82, 2.24) is 4.98 Å². The second kappa shape index (κ2) is 5.54. The van der Waals surface area contributed by atoms with Gasteiger partial charge in [-0.15, -0.1) is 0 Å². The number of nitrogens with two attached hydrogens (primary N) is 1. The summed E-state index contributed by atoms with van der Waals surface area (Å²) in [7, 11) is 0. The van der Waals surface area contributed by atoms with Crippen LogP contribution in [0.4, 0.5) is 5.69 Å². The second-order valence-corrected chi connectivity index (χ2v) is 5.95. The summed E-state index contributed by atoms with van der Waals surface area (Å²) in [6.45, 7) is 1.94. The molecule has 0 bridgehead atoms. The molecular weight excluding hydrogens is 352 g/mol. The van der Waals surface area contributed by atoms with Crippen LogP contribution in [0.15, 0.2) is 47.1 Å². The van der Waals surface area contributed by atoms with Gasteiger partial charge >= 0.3 is 0 Å². The van der Waals surface area contributed by atoms with Crippen molar-refractivity contribution >= 4 is 44.1 Å². The van der Waals surface area contributed by atoms with Crippen molar-refractivity contribution in [2.45, 2.75) is 6.92 Å². The maximum atomic E-state index is 6.19. The van der Waals surface area contributed by atoms with Gasteiger partial charge in [-0.05, 0) is 64.8 Å². The van der Waals surface area contributed by atoms with Gasteiger partial charge in [-0.2, -0.15) is 0 Å². The molecule has 0 saturated carbocycles. The van der Waals surface area contributed by atoms with E-state index in [2.05, 4.69) is 20.9 Å². The number of nitrogen functional groups attached to an aromatic ring is 1. The van der Waals surface area contributed by atoms with Crippen LogP contribution in [0.3, 0.4) is 0 Å². The SMILES string of the molecule is Cc1cc(Oc2ccc(Cl)c3cccnc23)c(Br)cc1N. The third kappa shape index (κ3) is 2.69. The van der Waals surface area contributed by atoms with Crippen LogP contribution in [0.25, 0.3) is 10.9 Å². The summed E-state index contributed by atoms with van der Waals surface area (Å²) in [6, 6.07) is 11.1. The van der Waals surface area contributed by atoms with Crippen LogP contribution in [0.5, 0.6) is 11.5 Å². The number of halogens is 2. The van der Waals surface area contributed by atoms with Crippen molar-refractivity contribution in [2.24, 2.45) is 0 Å². The molecule has 3 aromatic rings. The van der Waals surface area contributed by atoms with E-state index in [1.54, 1.807) is 12.3 Å². The van der Waals surface area contributed by atoms with Gasteiger partial charge < -0.3 is 10.5 Å². The summed E-state index contributed by atoms with van der Waals surface area (Å²) in [4.78, 5) is 4.36. The third-order valence-electron chi connectivity index (χ3n) is 3.22. The Morgan fingerprint density at radius 3 is 2.81 bits per heavy atom. The molecular formula is C16H12BrClN2O. The third-order valence-corrected chi connectivity index (χ3v) is 4.17.